The number of pyridine rings is 1. The van der Waals surface area contributed by atoms with Gasteiger partial charge in [0.05, 0.1) is 16.0 Å². The number of rotatable bonds is 5. The number of carboxylic acid groups (broad SMARTS) is 1. The van der Waals surface area contributed by atoms with Crippen LogP contribution in [0.5, 0.6) is 5.75 Å². The Kier molecular flexibility index (Phi) is 5.04. The van der Waals surface area contributed by atoms with Crippen LogP contribution in [0, 0.1) is 0 Å². The number of phenols is 1. The lowest BCUT2D eigenvalue weighted by Crippen LogP contribution is -2.31. The van der Waals surface area contributed by atoms with Gasteiger partial charge in [-0.15, -0.1) is 0 Å². The van der Waals surface area contributed by atoms with Gasteiger partial charge in [-0.2, -0.15) is 0 Å². The van der Waals surface area contributed by atoms with Crippen LogP contribution in [0.25, 0.3) is 10.8 Å². The Bertz CT molecular complexity index is 1280. The Hall–Kier alpha value is -3.79. The third-order valence-electron chi connectivity index (χ3n) is 4.11. The van der Waals surface area contributed by atoms with E-state index in [1.807, 2.05) is 4.72 Å². The minimum Gasteiger partial charge on any atom is -0.507 e. The average Bonchev–Trinajstić information content (AvgIpc) is 2.67. The van der Waals surface area contributed by atoms with E-state index >= 15 is 0 Å². The molecule has 10 heteroatoms. The summed E-state index contributed by atoms with van der Waals surface area (Å²) in [5, 5.41) is 19.5. The molecular weight excluding hydrogens is 400 g/mol. The molecule has 0 spiro atoms. The molecule has 2 aromatic carbocycles. The molecule has 0 unspecified atom stereocenters. The van der Waals surface area contributed by atoms with Crippen molar-refractivity contribution in [1.82, 2.24) is 9.71 Å². The molecule has 3 N–H and O–H groups in total. The molecule has 0 atom stereocenters. The highest BCUT2D eigenvalue weighted by molar-refractivity contribution is 7.90. The molecule has 0 radical (unpaired) electrons. The van der Waals surface area contributed by atoms with E-state index in [0.29, 0.717) is 0 Å². The molecule has 0 aliphatic carbocycles. The van der Waals surface area contributed by atoms with Crippen molar-refractivity contribution in [2.45, 2.75) is 11.8 Å². The minimum atomic E-state index is -4.49. The zero-order valence-electron chi connectivity index (χ0n) is 14.9. The summed E-state index contributed by atoms with van der Waals surface area (Å²) in [5.41, 5.74) is -0.873. The van der Waals surface area contributed by atoms with E-state index in [1.54, 1.807) is 6.07 Å². The predicted octanol–water partition coefficient (Wildman–Crippen LogP) is 1.96. The van der Waals surface area contributed by atoms with Crippen LogP contribution in [0.2, 0.25) is 0 Å². The molecule has 1 aromatic heterocycles. The number of carboxylic acids is 1. The van der Waals surface area contributed by atoms with E-state index in [-0.39, 0.29) is 32.5 Å². The van der Waals surface area contributed by atoms with Crippen LogP contribution in [-0.4, -0.2) is 41.3 Å². The van der Waals surface area contributed by atoms with Crippen molar-refractivity contribution in [3.05, 3.63) is 65.5 Å². The van der Waals surface area contributed by atoms with Gasteiger partial charge in [-0.25, -0.2) is 17.9 Å². The highest BCUT2D eigenvalue weighted by Gasteiger charge is 2.25. The molecule has 29 heavy (non-hydrogen) atoms. The fraction of sp³-hybridized carbons (Fsp3) is 0.0526. The molecule has 3 aromatic rings. The number of aromatic carboxylic acids is 1. The average molecular weight is 414 g/mol. The Morgan fingerprint density at radius 1 is 1.03 bits per heavy atom. The second kappa shape index (κ2) is 7.32. The van der Waals surface area contributed by atoms with E-state index in [1.165, 1.54) is 25.1 Å². The Morgan fingerprint density at radius 2 is 1.69 bits per heavy atom. The maximum atomic E-state index is 12.9. The van der Waals surface area contributed by atoms with Crippen LogP contribution in [0.4, 0.5) is 0 Å². The van der Waals surface area contributed by atoms with Crippen molar-refractivity contribution in [3.8, 4) is 5.75 Å². The summed E-state index contributed by atoms with van der Waals surface area (Å²) in [6, 6.07) is 9.02. The number of aromatic hydroxyl groups is 1. The standard InChI is InChI=1S/C19H14N2O7S/c1-10(22)14-9-16(12-4-2-3-5-13(12)17(14)23)29(27,28)21-18(24)15-8-11(19(25)26)6-7-20-15/h2-9,23H,1H3,(H,21,24)(H,25,26). The van der Waals surface area contributed by atoms with Crippen LogP contribution in [0.15, 0.2) is 53.6 Å². The largest absolute Gasteiger partial charge is 0.507 e. The second-order valence-corrected chi connectivity index (χ2v) is 7.69. The summed E-state index contributed by atoms with van der Waals surface area (Å²) < 4.78 is 27.5. The van der Waals surface area contributed by atoms with Gasteiger partial charge in [0.1, 0.15) is 11.4 Å². The fourth-order valence-corrected chi connectivity index (χ4v) is 3.93. The Morgan fingerprint density at radius 3 is 2.31 bits per heavy atom. The van der Waals surface area contributed by atoms with Crippen LogP contribution in [-0.2, 0) is 10.0 Å². The number of aromatic nitrogens is 1. The fourth-order valence-electron chi connectivity index (χ4n) is 2.73. The first kappa shape index (κ1) is 20.0. The molecule has 148 valence electrons. The monoisotopic (exact) mass is 414 g/mol. The molecule has 3 rings (SSSR count). The number of hydrogen-bond acceptors (Lipinski definition) is 7. The van der Waals surface area contributed by atoms with Gasteiger partial charge < -0.3 is 10.2 Å². The van der Waals surface area contributed by atoms with Gasteiger partial charge in [-0.05, 0) is 25.1 Å². The molecule has 0 aliphatic heterocycles. The number of carbonyl (C=O) groups excluding carboxylic acids is 2. The predicted molar refractivity (Wildman–Crippen MR) is 101 cm³/mol. The van der Waals surface area contributed by atoms with Gasteiger partial charge in [0.15, 0.2) is 5.78 Å². The minimum absolute atomic E-state index is 0.0996. The normalized spacial score (nSPS) is 11.2. The van der Waals surface area contributed by atoms with E-state index in [2.05, 4.69) is 4.98 Å². The van der Waals surface area contributed by atoms with Crippen molar-refractivity contribution in [2.75, 3.05) is 0 Å². The van der Waals surface area contributed by atoms with Gasteiger partial charge in [-0.3, -0.25) is 14.6 Å². The zero-order valence-corrected chi connectivity index (χ0v) is 15.7. The number of fused-ring (bicyclic) bond motifs is 1. The number of amides is 1. The maximum Gasteiger partial charge on any atom is 0.335 e. The molecule has 0 aliphatic rings. The summed E-state index contributed by atoms with van der Waals surface area (Å²) >= 11 is 0. The van der Waals surface area contributed by atoms with Gasteiger partial charge in [0.25, 0.3) is 15.9 Å². The second-order valence-electron chi connectivity index (χ2n) is 6.04. The number of hydrogen-bond donors (Lipinski definition) is 3. The third-order valence-corrected chi connectivity index (χ3v) is 5.48. The number of carbonyl (C=O) groups is 3. The lowest BCUT2D eigenvalue weighted by Gasteiger charge is -2.13. The number of nitrogens with zero attached hydrogens (tertiary/aromatic N) is 1. The number of sulfonamides is 1. The first-order chi connectivity index (χ1) is 13.6. The first-order valence-corrected chi connectivity index (χ1v) is 9.62. The molecule has 0 saturated heterocycles. The van der Waals surface area contributed by atoms with E-state index in [4.69, 9.17) is 5.11 Å². The van der Waals surface area contributed by atoms with Gasteiger partial charge in [0.2, 0.25) is 0 Å². The summed E-state index contributed by atoms with van der Waals surface area (Å²) in [6.07, 6.45) is 1.06. The van der Waals surface area contributed by atoms with Gasteiger partial charge in [0, 0.05) is 17.0 Å². The van der Waals surface area contributed by atoms with Crippen molar-refractivity contribution in [1.29, 1.82) is 0 Å². The van der Waals surface area contributed by atoms with Crippen molar-refractivity contribution >= 4 is 38.5 Å². The summed E-state index contributed by atoms with van der Waals surface area (Å²) in [4.78, 5) is 38.5. The SMILES string of the molecule is CC(=O)c1cc(S(=O)(=O)NC(=O)c2cc(C(=O)O)ccn2)c2ccccc2c1O. The van der Waals surface area contributed by atoms with Crippen LogP contribution in [0.3, 0.4) is 0 Å². The van der Waals surface area contributed by atoms with Crippen LogP contribution in [0.1, 0.15) is 38.1 Å². The molecule has 1 amide bonds. The number of ketones is 1. The maximum absolute atomic E-state index is 12.9. The van der Waals surface area contributed by atoms with E-state index in [0.717, 1.165) is 24.4 Å². The summed E-state index contributed by atoms with van der Waals surface area (Å²) in [5.74, 6) is -3.38. The van der Waals surface area contributed by atoms with Crippen LogP contribution >= 0.6 is 0 Å². The smallest absolute Gasteiger partial charge is 0.335 e. The summed E-state index contributed by atoms with van der Waals surface area (Å²) in [6.45, 7) is 1.17. The Balaban J connectivity index is 2.10. The van der Waals surface area contributed by atoms with Crippen molar-refractivity contribution < 1.29 is 33.0 Å². The molecule has 9 nitrogen and oxygen atoms in total. The lowest BCUT2D eigenvalue weighted by molar-refractivity contribution is 0.0696. The molecule has 0 saturated carbocycles. The number of nitrogens with one attached hydrogen (secondary N) is 1. The van der Waals surface area contributed by atoms with E-state index in [9.17, 15) is 27.9 Å². The van der Waals surface area contributed by atoms with Gasteiger partial charge >= 0.3 is 5.97 Å². The third kappa shape index (κ3) is 3.78. The molecule has 0 fully saturated rings. The van der Waals surface area contributed by atoms with Crippen molar-refractivity contribution in [3.63, 3.8) is 0 Å². The number of benzene rings is 2. The van der Waals surface area contributed by atoms with Gasteiger partial charge in [-0.1, -0.05) is 24.3 Å². The summed E-state index contributed by atoms with van der Waals surface area (Å²) in [7, 11) is -4.49. The molecule has 0 bridgehead atoms. The highest BCUT2D eigenvalue weighted by atomic mass is 32.2. The zero-order chi connectivity index (χ0) is 21.3. The quantitative estimate of drug-likeness (QED) is 0.536. The van der Waals surface area contributed by atoms with Crippen molar-refractivity contribution in [2.24, 2.45) is 0 Å². The van der Waals surface area contributed by atoms with Crippen LogP contribution < -0.4 is 4.72 Å². The Labute approximate surface area is 164 Å². The first-order valence-electron chi connectivity index (χ1n) is 8.14. The molecule has 1 heterocycles. The topological polar surface area (TPSA) is 151 Å². The highest BCUT2D eigenvalue weighted by Crippen LogP contribution is 2.34. The lowest BCUT2D eigenvalue weighted by atomic mass is 10.0. The molecular formula is C19H14N2O7S. The number of phenolic OH excluding ortho intramolecular Hbond substituents is 1. The number of Topliss-reactive ketones (excluding diaryl/α,β-unsaturated/α-hetero) is 1. The van der Waals surface area contributed by atoms with E-state index < -0.39 is 33.4 Å².